The Morgan fingerprint density at radius 1 is 1.33 bits per heavy atom. The average Bonchev–Trinajstić information content (AvgIpc) is 2.85. The third-order valence-electron chi connectivity index (χ3n) is 3.97. The van der Waals surface area contributed by atoms with Crippen LogP contribution in [0.5, 0.6) is 0 Å². The molecule has 1 aliphatic rings. The quantitative estimate of drug-likeness (QED) is 0.871. The maximum Gasteiger partial charge on any atom is 0.122 e. The van der Waals surface area contributed by atoms with Crippen molar-refractivity contribution in [1.29, 1.82) is 0 Å². The van der Waals surface area contributed by atoms with Crippen LogP contribution in [0.1, 0.15) is 39.0 Å². The molecule has 2 atom stereocenters. The summed E-state index contributed by atoms with van der Waals surface area (Å²) >= 11 is 0. The van der Waals surface area contributed by atoms with Crippen LogP contribution >= 0.6 is 0 Å². The van der Waals surface area contributed by atoms with Gasteiger partial charge >= 0.3 is 0 Å². The molecule has 1 fully saturated rings. The second-order valence-corrected chi connectivity index (χ2v) is 6.05. The molecule has 3 nitrogen and oxygen atoms in total. The lowest BCUT2D eigenvalue weighted by molar-refractivity contribution is 0.311. The van der Waals surface area contributed by atoms with Crippen LogP contribution < -0.4 is 5.32 Å². The fraction of sp³-hybridized carbons (Fsp3) is 0.733. The largest absolute Gasteiger partial charge is 0.468 e. The van der Waals surface area contributed by atoms with Crippen LogP contribution in [0.15, 0.2) is 16.7 Å². The topological polar surface area (TPSA) is 28.4 Å². The van der Waals surface area contributed by atoms with E-state index in [1.54, 1.807) is 0 Å². The summed E-state index contributed by atoms with van der Waals surface area (Å²) in [4.78, 5) is 2.54. The fourth-order valence-corrected chi connectivity index (χ4v) is 2.58. The summed E-state index contributed by atoms with van der Waals surface area (Å²) in [6.07, 6.45) is 1.82. The highest BCUT2D eigenvalue weighted by Crippen LogP contribution is 2.24. The summed E-state index contributed by atoms with van der Waals surface area (Å²) < 4.78 is 5.59. The van der Waals surface area contributed by atoms with E-state index in [0.717, 1.165) is 30.7 Å². The molecule has 1 N–H and O–H groups in total. The van der Waals surface area contributed by atoms with Crippen LogP contribution in [0.4, 0.5) is 0 Å². The number of hydrogen-bond acceptors (Lipinski definition) is 3. The predicted molar refractivity (Wildman–Crippen MR) is 74.3 cm³/mol. The van der Waals surface area contributed by atoms with Gasteiger partial charge in [0.05, 0.1) is 12.8 Å². The summed E-state index contributed by atoms with van der Waals surface area (Å²) in [6, 6.07) is 2.61. The smallest absolute Gasteiger partial charge is 0.122 e. The van der Waals surface area contributed by atoms with Crippen molar-refractivity contribution in [2.75, 3.05) is 13.1 Å². The Balaban J connectivity index is 1.91. The van der Waals surface area contributed by atoms with Gasteiger partial charge in [-0.1, -0.05) is 27.7 Å². The maximum absolute atomic E-state index is 5.59. The molecule has 0 aromatic carbocycles. The van der Waals surface area contributed by atoms with Gasteiger partial charge in [-0.05, 0) is 17.9 Å². The van der Waals surface area contributed by atoms with E-state index in [1.165, 1.54) is 18.7 Å². The molecule has 18 heavy (non-hydrogen) atoms. The molecule has 102 valence electrons. The molecule has 1 aromatic rings. The zero-order chi connectivity index (χ0) is 13.1. The number of nitrogens with one attached hydrogen (secondary N) is 1. The number of rotatable bonds is 5. The van der Waals surface area contributed by atoms with Gasteiger partial charge in [-0.3, -0.25) is 4.90 Å². The van der Waals surface area contributed by atoms with Crippen molar-refractivity contribution in [3.63, 3.8) is 0 Å². The molecule has 2 rings (SSSR count). The molecule has 0 spiro atoms. The van der Waals surface area contributed by atoms with E-state index >= 15 is 0 Å². The second kappa shape index (κ2) is 5.89. The third-order valence-corrected chi connectivity index (χ3v) is 3.97. The highest BCUT2D eigenvalue weighted by molar-refractivity contribution is 5.17. The van der Waals surface area contributed by atoms with Crippen LogP contribution in [-0.2, 0) is 13.1 Å². The van der Waals surface area contributed by atoms with E-state index in [0.29, 0.717) is 6.04 Å². The van der Waals surface area contributed by atoms with Gasteiger partial charge in [0.2, 0.25) is 0 Å². The Kier molecular flexibility index (Phi) is 4.46. The summed E-state index contributed by atoms with van der Waals surface area (Å²) in [5, 5.41) is 3.42. The summed E-state index contributed by atoms with van der Waals surface area (Å²) in [5.41, 5.74) is 1.34. The van der Waals surface area contributed by atoms with Gasteiger partial charge in [-0.2, -0.15) is 0 Å². The molecular weight excluding hydrogens is 224 g/mol. The fourth-order valence-electron chi connectivity index (χ4n) is 2.58. The van der Waals surface area contributed by atoms with Crippen molar-refractivity contribution in [2.24, 2.45) is 11.8 Å². The van der Waals surface area contributed by atoms with Gasteiger partial charge in [0.1, 0.15) is 5.76 Å². The molecule has 0 saturated carbocycles. The Labute approximate surface area is 111 Å². The first kappa shape index (κ1) is 13.6. The molecule has 1 aliphatic heterocycles. The molecule has 0 amide bonds. The minimum atomic E-state index is 0.495. The zero-order valence-electron chi connectivity index (χ0n) is 12.1. The standard InChI is InChI=1S/C15H26N2O/c1-11(2)16-7-15-14(5-6-18-15)10-17-8-12(3)13(4)9-17/h5-6,11-13,16H,7-10H2,1-4H3. The zero-order valence-corrected chi connectivity index (χ0v) is 12.1. The average molecular weight is 250 g/mol. The molecule has 1 aromatic heterocycles. The van der Waals surface area contributed by atoms with Gasteiger partial charge in [-0.15, -0.1) is 0 Å². The van der Waals surface area contributed by atoms with Crippen molar-refractivity contribution >= 4 is 0 Å². The van der Waals surface area contributed by atoms with Crippen LogP contribution in [0.25, 0.3) is 0 Å². The normalized spacial score (nSPS) is 25.2. The Morgan fingerprint density at radius 2 is 2.00 bits per heavy atom. The highest BCUT2D eigenvalue weighted by atomic mass is 16.3. The van der Waals surface area contributed by atoms with Crippen molar-refractivity contribution < 1.29 is 4.42 Å². The van der Waals surface area contributed by atoms with E-state index in [4.69, 9.17) is 4.42 Å². The molecule has 0 aliphatic carbocycles. The number of likely N-dealkylation sites (tertiary alicyclic amines) is 1. The monoisotopic (exact) mass is 250 g/mol. The van der Waals surface area contributed by atoms with E-state index in [1.807, 2.05) is 6.26 Å². The van der Waals surface area contributed by atoms with Crippen molar-refractivity contribution in [1.82, 2.24) is 10.2 Å². The van der Waals surface area contributed by atoms with E-state index in [-0.39, 0.29) is 0 Å². The van der Waals surface area contributed by atoms with Crippen LogP contribution in [-0.4, -0.2) is 24.0 Å². The molecular formula is C15H26N2O. The van der Waals surface area contributed by atoms with Crippen molar-refractivity contribution in [3.05, 3.63) is 23.7 Å². The summed E-state index contributed by atoms with van der Waals surface area (Å²) in [5.74, 6) is 2.72. The maximum atomic E-state index is 5.59. The first-order chi connectivity index (χ1) is 8.56. The number of hydrogen-bond donors (Lipinski definition) is 1. The summed E-state index contributed by atoms with van der Waals surface area (Å²) in [7, 11) is 0. The molecule has 1 saturated heterocycles. The van der Waals surface area contributed by atoms with E-state index in [2.05, 4.69) is 44.0 Å². The van der Waals surface area contributed by atoms with Crippen LogP contribution in [0.2, 0.25) is 0 Å². The third kappa shape index (κ3) is 3.36. The lowest BCUT2D eigenvalue weighted by atomic mass is 10.0. The number of nitrogens with zero attached hydrogens (tertiary/aromatic N) is 1. The molecule has 2 heterocycles. The molecule has 0 radical (unpaired) electrons. The van der Waals surface area contributed by atoms with Crippen LogP contribution in [0, 0.1) is 11.8 Å². The van der Waals surface area contributed by atoms with E-state index < -0.39 is 0 Å². The molecule has 0 bridgehead atoms. The van der Waals surface area contributed by atoms with E-state index in [9.17, 15) is 0 Å². The van der Waals surface area contributed by atoms with Gasteiger partial charge < -0.3 is 9.73 Å². The lowest BCUT2D eigenvalue weighted by Crippen LogP contribution is -2.24. The summed E-state index contributed by atoms with van der Waals surface area (Å²) in [6.45, 7) is 13.3. The van der Waals surface area contributed by atoms with Crippen molar-refractivity contribution in [3.8, 4) is 0 Å². The van der Waals surface area contributed by atoms with Gasteiger partial charge in [0.15, 0.2) is 0 Å². The second-order valence-electron chi connectivity index (χ2n) is 6.05. The Hall–Kier alpha value is -0.800. The first-order valence-corrected chi connectivity index (χ1v) is 7.07. The SMILES string of the molecule is CC(C)NCc1occc1CN1CC(C)C(C)C1. The minimum absolute atomic E-state index is 0.495. The van der Waals surface area contributed by atoms with Gasteiger partial charge in [-0.25, -0.2) is 0 Å². The van der Waals surface area contributed by atoms with Crippen molar-refractivity contribution in [2.45, 2.75) is 46.8 Å². The van der Waals surface area contributed by atoms with Crippen LogP contribution in [0.3, 0.4) is 0 Å². The number of furan rings is 1. The Morgan fingerprint density at radius 3 is 2.61 bits per heavy atom. The highest BCUT2D eigenvalue weighted by Gasteiger charge is 2.26. The predicted octanol–water partition coefficient (Wildman–Crippen LogP) is 2.87. The Bertz CT molecular complexity index is 362. The first-order valence-electron chi connectivity index (χ1n) is 7.07. The van der Waals surface area contributed by atoms with Gasteiger partial charge in [0, 0.05) is 31.2 Å². The molecule has 2 unspecified atom stereocenters. The molecule has 3 heteroatoms. The lowest BCUT2D eigenvalue weighted by Gasteiger charge is -2.15. The van der Waals surface area contributed by atoms with Gasteiger partial charge in [0.25, 0.3) is 0 Å². The minimum Gasteiger partial charge on any atom is -0.468 e.